The summed E-state index contributed by atoms with van der Waals surface area (Å²) in [6.07, 6.45) is 9.21. The van der Waals surface area contributed by atoms with E-state index in [-0.39, 0.29) is 20.1 Å². The van der Waals surface area contributed by atoms with Crippen molar-refractivity contribution in [2.75, 3.05) is 0 Å². The SMILES string of the molecule is [Ir+3].[c-]1cc(CCc2cc(CCc3c[c-]c(-c4ccccn4)cc3)cc(CCc3c[c-]c(-c4cccc(-c5ccccc5)n4)cc3-c3ccc(-c4ccccc4)cc3)c2)ccc1-c1ccccn1. The Morgan fingerprint density at radius 2 is 0.776 bits per heavy atom. The summed E-state index contributed by atoms with van der Waals surface area (Å²) in [7, 11) is 0. The quantitative estimate of drug-likeness (QED) is 0.0961. The monoisotopic (exact) mass is 1040 g/mol. The summed E-state index contributed by atoms with van der Waals surface area (Å²) in [5.41, 5.74) is 20.6. The Hall–Kier alpha value is -7.36. The number of nitrogens with zero attached hydrogens (tertiary/aromatic N) is 3. The minimum atomic E-state index is 0. The van der Waals surface area contributed by atoms with Crippen molar-refractivity contribution >= 4 is 0 Å². The van der Waals surface area contributed by atoms with E-state index in [2.05, 4.69) is 192 Å². The van der Waals surface area contributed by atoms with Crippen LogP contribution in [0.3, 0.4) is 0 Å². The Morgan fingerprint density at radius 3 is 1.31 bits per heavy atom. The number of hydrogen-bond donors (Lipinski definition) is 0. The van der Waals surface area contributed by atoms with Gasteiger partial charge in [0.1, 0.15) is 0 Å². The molecule has 0 saturated heterocycles. The van der Waals surface area contributed by atoms with Gasteiger partial charge in [0.25, 0.3) is 0 Å². The van der Waals surface area contributed by atoms with Crippen LogP contribution in [0.15, 0.2) is 219 Å². The fourth-order valence-corrected chi connectivity index (χ4v) is 8.69. The maximum atomic E-state index is 5.12. The number of benzene rings is 7. The molecule has 0 spiro atoms. The number of hydrogen-bond acceptors (Lipinski definition) is 3. The number of pyridine rings is 3. The van der Waals surface area contributed by atoms with E-state index >= 15 is 0 Å². The molecule has 10 rings (SSSR count). The first-order valence-corrected chi connectivity index (χ1v) is 22.9. The Bertz CT molecular complexity index is 3030. The third-order valence-electron chi connectivity index (χ3n) is 12.3. The molecule has 0 aliphatic rings. The van der Waals surface area contributed by atoms with Crippen molar-refractivity contribution in [3.05, 3.63) is 270 Å². The molecule has 3 heterocycles. The van der Waals surface area contributed by atoms with Gasteiger partial charge in [0.2, 0.25) is 0 Å². The molecule has 0 radical (unpaired) electrons. The van der Waals surface area contributed by atoms with Crippen LogP contribution in [0.4, 0.5) is 0 Å². The van der Waals surface area contributed by atoms with Crippen LogP contribution in [0, 0.1) is 18.2 Å². The first kappa shape index (κ1) is 44.8. The van der Waals surface area contributed by atoms with Gasteiger partial charge < -0.3 is 9.97 Å². The standard InChI is InChI=1S/C63H48N3.Ir/c1-3-12-51(13-4-1)52-34-36-54(37-35-52)59-45-58(63-19-11-18-62(66-63)55-14-5-2-6-15-55)39-38-53(59)29-28-50-43-48(22-20-46-24-30-56(31-25-46)60-16-7-9-40-64-60)42-49(44-50)23-21-47-26-32-57(33-27-47)61-17-8-10-41-65-61;/h1-19,24-27,30,32,34-38,40-45H,20-23,28-29H2;/q-3;+3. The van der Waals surface area contributed by atoms with Gasteiger partial charge in [0, 0.05) is 12.4 Å². The molecule has 3 aromatic heterocycles. The smallest absolute Gasteiger partial charge is 0.305 e. The molecular formula is C63H48IrN3. The zero-order valence-corrected chi connectivity index (χ0v) is 39.6. The van der Waals surface area contributed by atoms with E-state index in [9.17, 15) is 0 Å². The Morgan fingerprint density at radius 1 is 0.313 bits per heavy atom. The van der Waals surface area contributed by atoms with E-state index in [1.165, 1.54) is 55.6 Å². The summed E-state index contributed by atoms with van der Waals surface area (Å²) >= 11 is 0. The fourth-order valence-electron chi connectivity index (χ4n) is 8.69. The minimum absolute atomic E-state index is 0. The maximum Gasteiger partial charge on any atom is 3.00 e. The van der Waals surface area contributed by atoms with Gasteiger partial charge >= 0.3 is 20.1 Å². The largest absolute Gasteiger partial charge is 3.00 e. The summed E-state index contributed by atoms with van der Waals surface area (Å²) in [5.74, 6) is 0. The molecule has 0 bridgehead atoms. The van der Waals surface area contributed by atoms with Crippen LogP contribution in [-0.4, -0.2) is 15.0 Å². The molecular weight excluding hydrogens is 991 g/mol. The predicted molar refractivity (Wildman–Crippen MR) is 271 cm³/mol. The molecule has 7 aromatic carbocycles. The van der Waals surface area contributed by atoms with Crippen molar-refractivity contribution in [2.45, 2.75) is 38.5 Å². The molecule has 3 nitrogen and oxygen atoms in total. The topological polar surface area (TPSA) is 38.7 Å². The molecule has 0 atom stereocenters. The van der Waals surface area contributed by atoms with Crippen LogP contribution in [0.25, 0.3) is 67.3 Å². The van der Waals surface area contributed by atoms with Crippen LogP contribution in [0.1, 0.15) is 33.4 Å². The van der Waals surface area contributed by atoms with Crippen LogP contribution >= 0.6 is 0 Å². The van der Waals surface area contributed by atoms with E-state index in [0.29, 0.717) is 0 Å². The van der Waals surface area contributed by atoms with Crippen molar-refractivity contribution in [1.29, 1.82) is 0 Å². The summed E-state index contributed by atoms with van der Waals surface area (Å²) in [5, 5.41) is 0. The van der Waals surface area contributed by atoms with E-state index in [0.717, 1.165) is 83.6 Å². The first-order chi connectivity index (χ1) is 32.7. The molecule has 0 fully saturated rings. The van der Waals surface area contributed by atoms with E-state index in [4.69, 9.17) is 4.98 Å². The van der Waals surface area contributed by atoms with E-state index < -0.39 is 0 Å². The van der Waals surface area contributed by atoms with Gasteiger partial charge in [-0.1, -0.05) is 164 Å². The second kappa shape index (κ2) is 21.8. The van der Waals surface area contributed by atoms with Crippen LogP contribution in [-0.2, 0) is 58.6 Å². The van der Waals surface area contributed by atoms with Crippen LogP contribution < -0.4 is 0 Å². The molecule has 0 amide bonds. The van der Waals surface area contributed by atoms with E-state index in [1.807, 2.05) is 54.9 Å². The zero-order chi connectivity index (χ0) is 44.3. The zero-order valence-electron chi connectivity index (χ0n) is 37.2. The third kappa shape index (κ3) is 11.4. The van der Waals surface area contributed by atoms with E-state index in [1.54, 1.807) is 0 Å². The normalized spacial score (nSPS) is 10.9. The summed E-state index contributed by atoms with van der Waals surface area (Å²) in [6, 6.07) is 83.6. The van der Waals surface area contributed by atoms with Gasteiger partial charge in [0.05, 0.1) is 5.69 Å². The van der Waals surface area contributed by atoms with Crippen molar-refractivity contribution in [2.24, 2.45) is 0 Å². The van der Waals surface area contributed by atoms with Crippen molar-refractivity contribution < 1.29 is 20.1 Å². The second-order valence-corrected chi connectivity index (χ2v) is 16.8. The Labute approximate surface area is 408 Å². The molecule has 67 heavy (non-hydrogen) atoms. The van der Waals surface area contributed by atoms with Gasteiger partial charge in [-0.05, 0) is 93.5 Å². The van der Waals surface area contributed by atoms with Gasteiger partial charge in [-0.15, -0.1) is 100 Å². The third-order valence-corrected chi connectivity index (χ3v) is 12.3. The van der Waals surface area contributed by atoms with Gasteiger partial charge in [-0.25, -0.2) is 0 Å². The molecule has 324 valence electrons. The number of rotatable bonds is 15. The summed E-state index contributed by atoms with van der Waals surface area (Å²) in [4.78, 5) is 14.2. The van der Waals surface area contributed by atoms with Crippen molar-refractivity contribution in [3.8, 4) is 67.3 Å². The van der Waals surface area contributed by atoms with Crippen LogP contribution in [0.5, 0.6) is 0 Å². The second-order valence-electron chi connectivity index (χ2n) is 16.8. The Kier molecular flexibility index (Phi) is 14.6. The van der Waals surface area contributed by atoms with Crippen molar-refractivity contribution in [3.63, 3.8) is 0 Å². The van der Waals surface area contributed by atoms with Crippen molar-refractivity contribution in [1.82, 2.24) is 15.0 Å². The average Bonchev–Trinajstić information content (AvgIpc) is 3.40. The number of aryl methyl sites for hydroxylation is 6. The molecule has 0 aliphatic carbocycles. The maximum absolute atomic E-state index is 5.12. The minimum Gasteiger partial charge on any atom is -0.305 e. The molecule has 4 heteroatoms. The fraction of sp³-hybridized carbons (Fsp3) is 0.0952. The molecule has 0 unspecified atom stereocenters. The van der Waals surface area contributed by atoms with Gasteiger partial charge in [0.15, 0.2) is 0 Å². The van der Waals surface area contributed by atoms with Gasteiger partial charge in [-0.2, -0.15) is 0 Å². The first-order valence-electron chi connectivity index (χ1n) is 22.9. The Balaban J connectivity index is 0.00000562. The van der Waals surface area contributed by atoms with Crippen LogP contribution in [0.2, 0.25) is 0 Å². The summed E-state index contributed by atoms with van der Waals surface area (Å²) in [6.45, 7) is 0. The molecule has 0 aliphatic heterocycles. The molecule has 0 N–H and O–H groups in total. The summed E-state index contributed by atoms with van der Waals surface area (Å²) < 4.78 is 0. The number of aromatic nitrogens is 3. The molecule has 10 aromatic rings. The predicted octanol–water partition coefficient (Wildman–Crippen LogP) is 14.6. The molecule has 0 saturated carbocycles. The van der Waals surface area contributed by atoms with Gasteiger partial charge in [-0.3, -0.25) is 4.98 Å². The average molecular weight is 1040 g/mol.